The Morgan fingerprint density at radius 1 is 1.13 bits per heavy atom. The molecule has 0 fully saturated rings. The van der Waals surface area contributed by atoms with Crippen LogP contribution in [0.4, 0.5) is 17.3 Å². The van der Waals surface area contributed by atoms with Crippen molar-refractivity contribution in [3.8, 4) is 0 Å². The molecule has 1 heterocycles. The van der Waals surface area contributed by atoms with Gasteiger partial charge in [-0.25, -0.2) is 9.97 Å². The van der Waals surface area contributed by atoms with E-state index in [1.807, 2.05) is 38.1 Å². The van der Waals surface area contributed by atoms with Gasteiger partial charge in [-0.1, -0.05) is 17.7 Å². The van der Waals surface area contributed by atoms with E-state index in [1.165, 1.54) is 0 Å². The molecule has 0 unspecified atom stereocenters. The number of benzene rings is 1. The highest BCUT2D eigenvalue weighted by Gasteiger charge is 2.06. The first kappa shape index (κ1) is 17.5. The molecule has 0 aliphatic rings. The predicted octanol–water partition coefficient (Wildman–Crippen LogP) is 3.85. The third-order valence-electron chi connectivity index (χ3n) is 3.46. The maximum Gasteiger partial charge on any atom is 0.136 e. The van der Waals surface area contributed by atoms with Crippen LogP contribution in [0, 0.1) is 13.8 Å². The number of hydrogen-bond acceptors (Lipinski definition) is 5. The Kier molecular flexibility index (Phi) is 6.19. The monoisotopic (exact) mass is 333 g/mol. The summed E-state index contributed by atoms with van der Waals surface area (Å²) in [6, 6.07) is 7.71. The van der Waals surface area contributed by atoms with Crippen LogP contribution < -0.4 is 10.6 Å². The zero-order valence-corrected chi connectivity index (χ0v) is 14.9. The molecule has 0 bridgehead atoms. The second kappa shape index (κ2) is 8.13. The fourth-order valence-corrected chi connectivity index (χ4v) is 2.39. The summed E-state index contributed by atoms with van der Waals surface area (Å²) in [6.45, 7) is 5.80. The Morgan fingerprint density at radius 2 is 1.87 bits per heavy atom. The van der Waals surface area contributed by atoms with E-state index in [4.69, 9.17) is 11.6 Å². The third kappa shape index (κ3) is 5.37. The van der Waals surface area contributed by atoms with E-state index in [0.29, 0.717) is 0 Å². The van der Waals surface area contributed by atoms with Crippen LogP contribution in [0.25, 0.3) is 0 Å². The summed E-state index contributed by atoms with van der Waals surface area (Å²) in [5, 5.41) is 7.41. The van der Waals surface area contributed by atoms with E-state index in [2.05, 4.69) is 39.6 Å². The highest BCUT2D eigenvalue weighted by atomic mass is 35.5. The first-order valence-corrected chi connectivity index (χ1v) is 8.10. The van der Waals surface area contributed by atoms with Gasteiger partial charge in [-0.2, -0.15) is 0 Å². The number of rotatable bonds is 7. The van der Waals surface area contributed by atoms with E-state index in [-0.39, 0.29) is 0 Å². The van der Waals surface area contributed by atoms with Gasteiger partial charge >= 0.3 is 0 Å². The van der Waals surface area contributed by atoms with Crippen molar-refractivity contribution in [3.05, 3.63) is 40.7 Å². The van der Waals surface area contributed by atoms with Crippen molar-refractivity contribution in [1.29, 1.82) is 0 Å². The lowest BCUT2D eigenvalue weighted by molar-refractivity contribution is 0.405. The molecule has 0 saturated carbocycles. The molecule has 2 rings (SSSR count). The van der Waals surface area contributed by atoms with Gasteiger partial charge in [0.25, 0.3) is 0 Å². The Balaban J connectivity index is 2.06. The fourth-order valence-electron chi connectivity index (χ4n) is 2.21. The van der Waals surface area contributed by atoms with Gasteiger partial charge < -0.3 is 15.5 Å². The fraction of sp³-hybridized carbons (Fsp3) is 0.412. The molecule has 0 saturated heterocycles. The van der Waals surface area contributed by atoms with Gasteiger partial charge in [0.05, 0.1) is 0 Å². The van der Waals surface area contributed by atoms with Crippen molar-refractivity contribution in [2.24, 2.45) is 0 Å². The summed E-state index contributed by atoms with van der Waals surface area (Å²) in [7, 11) is 4.15. The molecule has 1 aromatic carbocycles. The Hall–Kier alpha value is -1.85. The van der Waals surface area contributed by atoms with Crippen LogP contribution in [0.15, 0.2) is 24.3 Å². The molecule has 6 heteroatoms. The van der Waals surface area contributed by atoms with Gasteiger partial charge in [0.15, 0.2) is 0 Å². The smallest absolute Gasteiger partial charge is 0.136 e. The second-order valence-electron chi connectivity index (χ2n) is 5.81. The van der Waals surface area contributed by atoms with Gasteiger partial charge in [0.2, 0.25) is 0 Å². The predicted molar refractivity (Wildman–Crippen MR) is 97.9 cm³/mol. The maximum absolute atomic E-state index is 6.16. The zero-order chi connectivity index (χ0) is 16.8. The Bertz CT molecular complexity index is 657. The summed E-state index contributed by atoms with van der Waals surface area (Å²) < 4.78 is 0. The minimum Gasteiger partial charge on any atom is -0.370 e. The number of nitrogens with zero attached hydrogens (tertiary/aromatic N) is 3. The van der Waals surface area contributed by atoms with Crippen molar-refractivity contribution in [3.63, 3.8) is 0 Å². The highest BCUT2D eigenvalue weighted by Crippen LogP contribution is 2.26. The number of aryl methyl sites for hydroxylation is 1. The average Bonchev–Trinajstić information content (AvgIpc) is 2.48. The molecule has 23 heavy (non-hydrogen) atoms. The maximum atomic E-state index is 6.16. The molecule has 0 aliphatic heterocycles. The summed E-state index contributed by atoms with van der Waals surface area (Å²) in [6.07, 6.45) is 1.06. The number of anilines is 3. The van der Waals surface area contributed by atoms with Crippen LogP contribution in [-0.2, 0) is 0 Å². The normalized spacial score (nSPS) is 10.9. The molecule has 5 nitrogen and oxygen atoms in total. The topological polar surface area (TPSA) is 53.1 Å². The van der Waals surface area contributed by atoms with E-state index in [9.17, 15) is 0 Å². The van der Waals surface area contributed by atoms with Crippen LogP contribution >= 0.6 is 11.6 Å². The Labute approximate surface area is 143 Å². The summed E-state index contributed by atoms with van der Waals surface area (Å²) >= 11 is 6.16. The second-order valence-corrected chi connectivity index (χ2v) is 6.21. The molecule has 0 spiro atoms. The standard InChI is InChI=1S/C17H24ClN5/c1-12-14(18)7-5-8-15(12)22-17-11-16(20-13(2)21-17)19-9-6-10-23(3)4/h5,7-8,11H,6,9-10H2,1-4H3,(H2,19,20,21,22). The molecule has 2 aromatic rings. The van der Waals surface area contributed by atoms with Crippen molar-refractivity contribution in [1.82, 2.24) is 14.9 Å². The third-order valence-corrected chi connectivity index (χ3v) is 3.87. The highest BCUT2D eigenvalue weighted by molar-refractivity contribution is 6.31. The van der Waals surface area contributed by atoms with E-state index in [0.717, 1.165) is 53.2 Å². The van der Waals surface area contributed by atoms with Gasteiger partial charge in [-0.05, 0) is 58.6 Å². The van der Waals surface area contributed by atoms with Crippen molar-refractivity contribution >= 4 is 28.9 Å². The Morgan fingerprint density at radius 3 is 2.61 bits per heavy atom. The number of halogens is 1. The zero-order valence-electron chi connectivity index (χ0n) is 14.2. The molecule has 0 amide bonds. The quantitative estimate of drug-likeness (QED) is 0.754. The molecule has 0 radical (unpaired) electrons. The minimum absolute atomic E-state index is 0.727. The van der Waals surface area contributed by atoms with Crippen molar-refractivity contribution in [2.75, 3.05) is 37.8 Å². The lowest BCUT2D eigenvalue weighted by atomic mass is 10.2. The molecular weight excluding hydrogens is 310 g/mol. The van der Waals surface area contributed by atoms with Gasteiger partial charge in [0, 0.05) is 23.3 Å². The van der Waals surface area contributed by atoms with Crippen LogP contribution in [0.2, 0.25) is 5.02 Å². The van der Waals surface area contributed by atoms with Gasteiger partial charge in [0.1, 0.15) is 17.5 Å². The number of hydrogen-bond donors (Lipinski definition) is 2. The van der Waals surface area contributed by atoms with Crippen LogP contribution in [0.1, 0.15) is 17.8 Å². The first-order valence-electron chi connectivity index (χ1n) is 7.72. The molecule has 124 valence electrons. The van der Waals surface area contributed by atoms with Gasteiger partial charge in [-0.15, -0.1) is 0 Å². The van der Waals surface area contributed by atoms with E-state index < -0.39 is 0 Å². The van der Waals surface area contributed by atoms with Crippen LogP contribution in [0.5, 0.6) is 0 Å². The van der Waals surface area contributed by atoms with Crippen molar-refractivity contribution in [2.45, 2.75) is 20.3 Å². The van der Waals surface area contributed by atoms with Gasteiger partial charge in [-0.3, -0.25) is 0 Å². The lowest BCUT2D eigenvalue weighted by Crippen LogP contribution is -2.16. The molecule has 1 aromatic heterocycles. The SMILES string of the molecule is Cc1nc(NCCCN(C)C)cc(Nc2cccc(Cl)c2C)n1. The summed E-state index contributed by atoms with van der Waals surface area (Å²) in [5.41, 5.74) is 1.96. The van der Waals surface area contributed by atoms with Crippen molar-refractivity contribution < 1.29 is 0 Å². The number of nitrogens with one attached hydrogen (secondary N) is 2. The molecule has 0 atom stereocenters. The minimum atomic E-state index is 0.727. The molecule has 0 aliphatic carbocycles. The number of aromatic nitrogens is 2. The largest absolute Gasteiger partial charge is 0.370 e. The van der Waals surface area contributed by atoms with E-state index in [1.54, 1.807) is 0 Å². The molecule has 2 N–H and O–H groups in total. The van der Waals surface area contributed by atoms with Crippen LogP contribution in [0.3, 0.4) is 0 Å². The van der Waals surface area contributed by atoms with Crippen LogP contribution in [-0.4, -0.2) is 42.1 Å². The lowest BCUT2D eigenvalue weighted by Gasteiger charge is -2.13. The molecular formula is C17H24ClN5. The van der Waals surface area contributed by atoms with E-state index >= 15 is 0 Å². The summed E-state index contributed by atoms with van der Waals surface area (Å²) in [4.78, 5) is 11.0. The first-order chi connectivity index (χ1) is 11.0. The summed E-state index contributed by atoms with van der Waals surface area (Å²) in [5.74, 6) is 2.32. The average molecular weight is 334 g/mol.